The SMILES string of the molecule is Cn1cnnc1CN1CCC(c2ccsc2)CC1. The zero-order valence-corrected chi connectivity index (χ0v) is 11.4. The van der Waals surface area contributed by atoms with E-state index in [1.165, 1.54) is 18.4 Å². The number of rotatable bonds is 3. The van der Waals surface area contributed by atoms with Gasteiger partial charge in [-0.25, -0.2) is 0 Å². The van der Waals surface area contributed by atoms with Crippen molar-refractivity contribution in [2.45, 2.75) is 25.3 Å². The van der Waals surface area contributed by atoms with Gasteiger partial charge in [-0.3, -0.25) is 4.90 Å². The van der Waals surface area contributed by atoms with E-state index < -0.39 is 0 Å². The molecule has 1 aliphatic rings. The van der Waals surface area contributed by atoms with Crippen molar-refractivity contribution < 1.29 is 0 Å². The summed E-state index contributed by atoms with van der Waals surface area (Å²) in [5.41, 5.74) is 1.53. The molecule has 0 aliphatic carbocycles. The number of aromatic nitrogens is 3. The number of hydrogen-bond acceptors (Lipinski definition) is 4. The van der Waals surface area contributed by atoms with E-state index in [1.54, 1.807) is 17.7 Å². The summed E-state index contributed by atoms with van der Waals surface area (Å²) in [7, 11) is 2.01. The molecule has 0 spiro atoms. The molecule has 0 amide bonds. The molecular formula is C13H18N4S. The van der Waals surface area contributed by atoms with Crippen LogP contribution in [-0.2, 0) is 13.6 Å². The molecule has 0 saturated carbocycles. The summed E-state index contributed by atoms with van der Waals surface area (Å²) in [5.74, 6) is 1.82. The Morgan fingerprint density at radius 1 is 1.39 bits per heavy atom. The van der Waals surface area contributed by atoms with Gasteiger partial charge in [-0.05, 0) is 54.2 Å². The fourth-order valence-electron chi connectivity index (χ4n) is 2.58. The summed E-state index contributed by atoms with van der Waals surface area (Å²) < 4.78 is 2.00. The van der Waals surface area contributed by atoms with E-state index in [2.05, 4.69) is 31.9 Å². The molecule has 0 bridgehead atoms. The fraction of sp³-hybridized carbons (Fsp3) is 0.538. The van der Waals surface area contributed by atoms with Gasteiger partial charge >= 0.3 is 0 Å². The maximum absolute atomic E-state index is 4.15. The van der Waals surface area contributed by atoms with Crippen molar-refractivity contribution in [2.75, 3.05) is 13.1 Å². The molecule has 3 rings (SSSR count). The van der Waals surface area contributed by atoms with Crippen molar-refractivity contribution in [1.29, 1.82) is 0 Å². The molecule has 4 nitrogen and oxygen atoms in total. The molecular weight excluding hydrogens is 244 g/mol. The minimum Gasteiger partial charge on any atom is -0.320 e. The second-order valence-corrected chi connectivity index (χ2v) is 5.75. The molecule has 1 aliphatic heterocycles. The minimum absolute atomic E-state index is 0.756. The Morgan fingerprint density at radius 2 is 2.22 bits per heavy atom. The minimum atomic E-state index is 0.756. The van der Waals surface area contributed by atoms with Crippen LogP contribution in [0, 0.1) is 0 Å². The fourth-order valence-corrected chi connectivity index (χ4v) is 3.32. The first-order chi connectivity index (χ1) is 8.83. The highest BCUT2D eigenvalue weighted by molar-refractivity contribution is 7.07. The molecule has 0 N–H and O–H groups in total. The molecule has 3 heterocycles. The molecule has 1 saturated heterocycles. The largest absolute Gasteiger partial charge is 0.320 e. The van der Waals surface area contributed by atoms with Crippen molar-refractivity contribution in [3.05, 3.63) is 34.5 Å². The van der Waals surface area contributed by atoms with E-state index in [0.717, 1.165) is 31.4 Å². The predicted molar refractivity (Wildman–Crippen MR) is 72.6 cm³/mol. The number of aryl methyl sites for hydroxylation is 1. The van der Waals surface area contributed by atoms with Crippen molar-refractivity contribution in [2.24, 2.45) is 7.05 Å². The molecule has 18 heavy (non-hydrogen) atoms. The third-order valence-electron chi connectivity index (χ3n) is 3.77. The number of thiophene rings is 1. The highest BCUT2D eigenvalue weighted by atomic mass is 32.1. The number of hydrogen-bond donors (Lipinski definition) is 0. The summed E-state index contributed by atoms with van der Waals surface area (Å²) in [6.45, 7) is 3.24. The standard InChI is InChI=1S/C13H18N4S/c1-16-10-14-15-13(16)8-17-5-2-11(3-6-17)12-4-7-18-9-12/h4,7,9-11H,2-3,5-6,8H2,1H3. The lowest BCUT2D eigenvalue weighted by Gasteiger charge is -2.31. The second-order valence-electron chi connectivity index (χ2n) is 4.97. The van der Waals surface area contributed by atoms with Crippen LogP contribution in [0.3, 0.4) is 0 Å². The van der Waals surface area contributed by atoms with Crippen molar-refractivity contribution >= 4 is 11.3 Å². The molecule has 0 atom stereocenters. The molecule has 1 fully saturated rings. The van der Waals surface area contributed by atoms with Crippen LogP contribution in [0.2, 0.25) is 0 Å². The molecule has 96 valence electrons. The van der Waals surface area contributed by atoms with Crippen molar-refractivity contribution in [3.63, 3.8) is 0 Å². The average Bonchev–Trinajstić information content (AvgIpc) is 3.03. The first-order valence-electron chi connectivity index (χ1n) is 6.40. The van der Waals surface area contributed by atoms with Gasteiger partial charge in [0.15, 0.2) is 0 Å². The first kappa shape index (κ1) is 11.9. The van der Waals surface area contributed by atoms with Crippen LogP contribution in [0.5, 0.6) is 0 Å². The highest BCUT2D eigenvalue weighted by Crippen LogP contribution is 2.29. The number of piperidine rings is 1. The highest BCUT2D eigenvalue weighted by Gasteiger charge is 2.21. The lowest BCUT2D eigenvalue weighted by molar-refractivity contribution is 0.198. The van der Waals surface area contributed by atoms with Gasteiger partial charge in [0, 0.05) is 7.05 Å². The Hall–Kier alpha value is -1.20. The van der Waals surface area contributed by atoms with Gasteiger partial charge in [0.2, 0.25) is 0 Å². The lowest BCUT2D eigenvalue weighted by Crippen LogP contribution is -2.33. The zero-order valence-electron chi connectivity index (χ0n) is 10.6. The Bertz CT molecular complexity index is 483. The van der Waals surface area contributed by atoms with Crippen LogP contribution in [0.1, 0.15) is 30.1 Å². The van der Waals surface area contributed by atoms with Crippen LogP contribution in [0.4, 0.5) is 0 Å². The van der Waals surface area contributed by atoms with Gasteiger partial charge in [0.05, 0.1) is 6.54 Å². The maximum Gasteiger partial charge on any atom is 0.146 e. The summed E-state index contributed by atoms with van der Waals surface area (Å²) >= 11 is 1.80. The number of nitrogens with zero attached hydrogens (tertiary/aromatic N) is 4. The molecule has 2 aromatic heterocycles. The lowest BCUT2D eigenvalue weighted by atomic mass is 9.91. The summed E-state index contributed by atoms with van der Waals surface area (Å²) in [5, 5.41) is 12.6. The normalized spacial score (nSPS) is 18.3. The second kappa shape index (κ2) is 5.20. The van der Waals surface area contributed by atoms with Crippen LogP contribution >= 0.6 is 11.3 Å². The molecule has 5 heteroatoms. The van der Waals surface area contributed by atoms with Gasteiger partial charge in [-0.1, -0.05) is 0 Å². The zero-order chi connectivity index (χ0) is 12.4. The maximum atomic E-state index is 4.15. The molecule has 0 unspecified atom stereocenters. The van der Waals surface area contributed by atoms with E-state index in [4.69, 9.17) is 0 Å². The van der Waals surface area contributed by atoms with Crippen LogP contribution in [0.25, 0.3) is 0 Å². The topological polar surface area (TPSA) is 34.0 Å². The Balaban J connectivity index is 1.56. The number of likely N-dealkylation sites (tertiary alicyclic amines) is 1. The average molecular weight is 262 g/mol. The first-order valence-corrected chi connectivity index (χ1v) is 7.34. The third kappa shape index (κ3) is 2.47. The van der Waals surface area contributed by atoms with Gasteiger partial charge in [-0.2, -0.15) is 11.3 Å². The predicted octanol–water partition coefficient (Wildman–Crippen LogP) is 2.26. The van der Waals surface area contributed by atoms with Crippen LogP contribution < -0.4 is 0 Å². The van der Waals surface area contributed by atoms with Gasteiger partial charge in [0.25, 0.3) is 0 Å². The summed E-state index contributed by atoms with van der Waals surface area (Å²) in [6.07, 6.45) is 4.29. The quantitative estimate of drug-likeness (QED) is 0.851. The van der Waals surface area contributed by atoms with E-state index in [1.807, 2.05) is 11.6 Å². The van der Waals surface area contributed by atoms with Gasteiger partial charge in [-0.15, -0.1) is 10.2 Å². The Morgan fingerprint density at radius 3 is 2.83 bits per heavy atom. The van der Waals surface area contributed by atoms with E-state index in [-0.39, 0.29) is 0 Å². The van der Waals surface area contributed by atoms with Gasteiger partial charge in [0.1, 0.15) is 12.2 Å². The Kier molecular flexibility index (Phi) is 3.43. The van der Waals surface area contributed by atoms with E-state index in [9.17, 15) is 0 Å². The summed E-state index contributed by atoms with van der Waals surface area (Å²) in [4.78, 5) is 2.48. The van der Waals surface area contributed by atoms with Gasteiger partial charge < -0.3 is 4.57 Å². The summed E-state index contributed by atoms with van der Waals surface area (Å²) in [6, 6.07) is 2.27. The Labute approximate surface area is 111 Å². The smallest absolute Gasteiger partial charge is 0.146 e. The third-order valence-corrected chi connectivity index (χ3v) is 4.47. The van der Waals surface area contributed by atoms with Crippen LogP contribution in [0.15, 0.2) is 23.2 Å². The molecule has 2 aromatic rings. The molecule has 0 radical (unpaired) electrons. The molecule has 0 aromatic carbocycles. The van der Waals surface area contributed by atoms with Crippen LogP contribution in [-0.4, -0.2) is 32.8 Å². The van der Waals surface area contributed by atoms with E-state index >= 15 is 0 Å². The van der Waals surface area contributed by atoms with Crippen molar-refractivity contribution in [3.8, 4) is 0 Å². The monoisotopic (exact) mass is 262 g/mol. The van der Waals surface area contributed by atoms with Crippen molar-refractivity contribution in [1.82, 2.24) is 19.7 Å². The van der Waals surface area contributed by atoms with E-state index in [0.29, 0.717) is 0 Å².